The van der Waals surface area contributed by atoms with Gasteiger partial charge in [-0.3, -0.25) is 0 Å². The van der Waals surface area contributed by atoms with Crippen molar-refractivity contribution in [3.63, 3.8) is 0 Å². The topological polar surface area (TPSA) is 69.1 Å². The van der Waals surface area contributed by atoms with Crippen molar-refractivity contribution in [3.05, 3.63) is 48.8 Å². The molecule has 3 rings (SSSR count). The average molecular weight is 238 g/mol. The molecule has 2 heterocycles. The molecule has 0 fully saturated rings. The summed E-state index contributed by atoms with van der Waals surface area (Å²) in [6.07, 6.45) is 3.28. The Kier molecular flexibility index (Phi) is 2.62. The standard InChI is InChI=1S/C13H11BN2O2/c17-14(18)11-8-16-13-10(6-7-15-13)12(11)9-4-2-1-3-5-9/h1-8,17-18H,(H,15,16). The molecule has 88 valence electrons. The molecule has 0 aliphatic heterocycles. The molecule has 4 nitrogen and oxygen atoms in total. The largest absolute Gasteiger partial charge is 0.490 e. The van der Waals surface area contributed by atoms with Crippen LogP contribution in [-0.2, 0) is 0 Å². The molecule has 2 aromatic heterocycles. The second-order valence-corrected chi connectivity index (χ2v) is 4.07. The molecule has 0 atom stereocenters. The van der Waals surface area contributed by atoms with Crippen molar-refractivity contribution >= 4 is 23.6 Å². The fourth-order valence-electron chi connectivity index (χ4n) is 2.15. The number of hydrogen-bond acceptors (Lipinski definition) is 3. The van der Waals surface area contributed by atoms with E-state index in [2.05, 4.69) is 9.97 Å². The van der Waals surface area contributed by atoms with Gasteiger partial charge in [0.2, 0.25) is 0 Å². The number of fused-ring (bicyclic) bond motifs is 1. The van der Waals surface area contributed by atoms with Crippen molar-refractivity contribution in [3.8, 4) is 11.1 Å². The molecule has 0 bridgehead atoms. The van der Waals surface area contributed by atoms with Gasteiger partial charge in [0.15, 0.2) is 0 Å². The fraction of sp³-hybridized carbons (Fsp3) is 0. The van der Waals surface area contributed by atoms with E-state index in [1.807, 2.05) is 36.4 Å². The number of pyridine rings is 1. The van der Waals surface area contributed by atoms with Gasteiger partial charge in [0, 0.05) is 23.2 Å². The lowest BCUT2D eigenvalue weighted by Crippen LogP contribution is -2.32. The predicted octanol–water partition coefficient (Wildman–Crippen LogP) is 0.910. The van der Waals surface area contributed by atoms with Gasteiger partial charge in [0.25, 0.3) is 0 Å². The normalized spacial score (nSPS) is 10.8. The van der Waals surface area contributed by atoms with Gasteiger partial charge in [-0.2, -0.15) is 0 Å². The second-order valence-electron chi connectivity index (χ2n) is 4.07. The Bertz CT molecular complexity index is 680. The first-order valence-corrected chi connectivity index (χ1v) is 5.65. The van der Waals surface area contributed by atoms with E-state index in [4.69, 9.17) is 0 Å². The lowest BCUT2D eigenvalue weighted by Gasteiger charge is -2.10. The summed E-state index contributed by atoms with van der Waals surface area (Å²) in [5, 5.41) is 19.8. The third-order valence-corrected chi connectivity index (χ3v) is 2.96. The van der Waals surface area contributed by atoms with E-state index in [9.17, 15) is 10.0 Å². The summed E-state index contributed by atoms with van der Waals surface area (Å²) in [5.74, 6) is 0. The number of benzene rings is 1. The van der Waals surface area contributed by atoms with Gasteiger partial charge in [-0.15, -0.1) is 0 Å². The second kappa shape index (κ2) is 4.29. The highest BCUT2D eigenvalue weighted by molar-refractivity contribution is 6.61. The molecule has 0 spiro atoms. The van der Waals surface area contributed by atoms with E-state index in [-0.39, 0.29) is 0 Å². The highest BCUT2D eigenvalue weighted by atomic mass is 16.4. The van der Waals surface area contributed by atoms with E-state index in [0.29, 0.717) is 5.46 Å². The van der Waals surface area contributed by atoms with Gasteiger partial charge < -0.3 is 15.0 Å². The minimum absolute atomic E-state index is 0.410. The van der Waals surface area contributed by atoms with Crippen LogP contribution in [0.15, 0.2) is 48.8 Å². The Hall–Kier alpha value is -2.11. The zero-order chi connectivity index (χ0) is 12.5. The van der Waals surface area contributed by atoms with Crippen LogP contribution < -0.4 is 5.46 Å². The minimum atomic E-state index is -1.54. The number of rotatable bonds is 2. The Balaban J connectivity index is 2.36. The first-order chi connectivity index (χ1) is 8.77. The zero-order valence-corrected chi connectivity index (χ0v) is 9.54. The SMILES string of the molecule is OB(O)c1cnc2[nH]ccc2c1-c1ccccc1. The molecule has 0 amide bonds. The molecule has 3 aromatic rings. The lowest BCUT2D eigenvalue weighted by atomic mass is 9.76. The van der Waals surface area contributed by atoms with Gasteiger partial charge in [0.05, 0.1) is 0 Å². The molecule has 0 unspecified atom stereocenters. The number of nitrogens with zero attached hydrogens (tertiary/aromatic N) is 1. The van der Waals surface area contributed by atoms with Gasteiger partial charge in [-0.25, -0.2) is 4.98 Å². The Morgan fingerprint density at radius 3 is 2.56 bits per heavy atom. The van der Waals surface area contributed by atoms with Crippen molar-refractivity contribution < 1.29 is 10.0 Å². The van der Waals surface area contributed by atoms with Gasteiger partial charge in [0.1, 0.15) is 5.65 Å². The highest BCUT2D eigenvalue weighted by Crippen LogP contribution is 2.25. The zero-order valence-electron chi connectivity index (χ0n) is 9.54. The highest BCUT2D eigenvalue weighted by Gasteiger charge is 2.20. The summed E-state index contributed by atoms with van der Waals surface area (Å²) in [6, 6.07) is 11.5. The maximum atomic E-state index is 9.47. The molecule has 18 heavy (non-hydrogen) atoms. The van der Waals surface area contributed by atoms with Crippen molar-refractivity contribution in [2.24, 2.45) is 0 Å². The quantitative estimate of drug-likeness (QED) is 0.581. The van der Waals surface area contributed by atoms with Crippen LogP contribution in [-0.4, -0.2) is 27.1 Å². The molecule has 3 N–H and O–H groups in total. The molecule has 5 heteroatoms. The lowest BCUT2D eigenvalue weighted by molar-refractivity contribution is 0.426. The summed E-state index contributed by atoms with van der Waals surface area (Å²) < 4.78 is 0. The van der Waals surface area contributed by atoms with E-state index < -0.39 is 7.12 Å². The van der Waals surface area contributed by atoms with Crippen LogP contribution >= 0.6 is 0 Å². The van der Waals surface area contributed by atoms with Crippen LogP contribution in [0.5, 0.6) is 0 Å². The third-order valence-electron chi connectivity index (χ3n) is 2.96. The number of aromatic nitrogens is 2. The summed E-state index contributed by atoms with van der Waals surface area (Å²) >= 11 is 0. The van der Waals surface area contributed by atoms with Crippen molar-refractivity contribution in [1.29, 1.82) is 0 Å². The van der Waals surface area contributed by atoms with Crippen LogP contribution in [0.1, 0.15) is 0 Å². The molecule has 0 saturated heterocycles. The number of aromatic amines is 1. The number of H-pyrrole nitrogens is 1. The van der Waals surface area contributed by atoms with Gasteiger partial charge in [-0.1, -0.05) is 30.3 Å². The van der Waals surface area contributed by atoms with Crippen LogP contribution in [0.2, 0.25) is 0 Å². The Morgan fingerprint density at radius 1 is 1.06 bits per heavy atom. The van der Waals surface area contributed by atoms with E-state index in [1.54, 1.807) is 6.20 Å². The summed E-state index contributed by atoms with van der Waals surface area (Å²) in [5.41, 5.74) is 2.89. The third kappa shape index (κ3) is 1.70. The van der Waals surface area contributed by atoms with Crippen LogP contribution in [0.4, 0.5) is 0 Å². The monoisotopic (exact) mass is 238 g/mol. The van der Waals surface area contributed by atoms with E-state index in [1.165, 1.54) is 6.20 Å². The molecule has 0 saturated carbocycles. The maximum Gasteiger partial charge on any atom is 0.490 e. The molecular formula is C13H11BN2O2. The number of hydrogen-bond donors (Lipinski definition) is 3. The molecule has 0 aliphatic rings. The first-order valence-electron chi connectivity index (χ1n) is 5.65. The van der Waals surface area contributed by atoms with Crippen LogP contribution in [0.25, 0.3) is 22.2 Å². The summed E-state index contributed by atoms with van der Waals surface area (Å²) in [7, 11) is -1.54. The smallest absolute Gasteiger partial charge is 0.423 e. The van der Waals surface area contributed by atoms with Crippen molar-refractivity contribution in [1.82, 2.24) is 9.97 Å². The molecule has 0 aliphatic carbocycles. The number of nitrogens with one attached hydrogen (secondary N) is 1. The summed E-state index contributed by atoms with van der Waals surface area (Å²) in [4.78, 5) is 7.19. The predicted molar refractivity (Wildman–Crippen MR) is 71.4 cm³/mol. The van der Waals surface area contributed by atoms with Crippen LogP contribution in [0, 0.1) is 0 Å². The molecule has 0 radical (unpaired) electrons. The van der Waals surface area contributed by atoms with E-state index in [0.717, 1.165) is 22.2 Å². The minimum Gasteiger partial charge on any atom is -0.423 e. The summed E-state index contributed by atoms with van der Waals surface area (Å²) in [6.45, 7) is 0. The molecular weight excluding hydrogens is 227 g/mol. The Morgan fingerprint density at radius 2 is 1.83 bits per heavy atom. The first kappa shape index (κ1) is 11.0. The Labute approximate surface area is 104 Å². The van der Waals surface area contributed by atoms with Crippen molar-refractivity contribution in [2.45, 2.75) is 0 Å². The van der Waals surface area contributed by atoms with E-state index >= 15 is 0 Å². The van der Waals surface area contributed by atoms with Crippen molar-refractivity contribution in [2.75, 3.05) is 0 Å². The van der Waals surface area contributed by atoms with Crippen LogP contribution in [0.3, 0.4) is 0 Å². The molecule has 1 aromatic carbocycles. The average Bonchev–Trinajstić information content (AvgIpc) is 2.86. The van der Waals surface area contributed by atoms with Gasteiger partial charge >= 0.3 is 7.12 Å². The van der Waals surface area contributed by atoms with Gasteiger partial charge in [-0.05, 0) is 17.2 Å². The maximum absolute atomic E-state index is 9.47. The fourth-order valence-corrected chi connectivity index (χ4v) is 2.15.